The summed E-state index contributed by atoms with van der Waals surface area (Å²) in [6, 6.07) is 14.9. The molecule has 29 heavy (non-hydrogen) atoms. The molecule has 0 radical (unpaired) electrons. The molecule has 2 heterocycles. The van der Waals surface area contributed by atoms with Crippen molar-refractivity contribution in [1.29, 1.82) is 0 Å². The Morgan fingerprint density at radius 1 is 1.00 bits per heavy atom. The fourth-order valence-corrected chi connectivity index (χ4v) is 4.29. The number of para-hydroxylation sites is 1. The number of ether oxygens (including phenoxy) is 1. The maximum atomic E-state index is 13.5. The zero-order chi connectivity index (χ0) is 20.3. The van der Waals surface area contributed by atoms with Crippen molar-refractivity contribution in [3.63, 3.8) is 0 Å². The molecular formula is C22H24FN3O3. The predicted octanol–water partition coefficient (Wildman–Crippen LogP) is 3.72. The number of benzene rings is 2. The lowest BCUT2D eigenvalue weighted by Gasteiger charge is -2.37. The molecule has 2 aliphatic rings. The van der Waals surface area contributed by atoms with Crippen molar-refractivity contribution in [3.05, 3.63) is 60.4 Å². The number of nitrogens with one attached hydrogen (secondary N) is 2. The van der Waals surface area contributed by atoms with Crippen LogP contribution in [0.1, 0.15) is 12.8 Å². The lowest BCUT2D eigenvalue weighted by Crippen LogP contribution is -2.42. The highest BCUT2D eigenvalue weighted by molar-refractivity contribution is 5.95. The van der Waals surface area contributed by atoms with Crippen LogP contribution in [0.25, 0.3) is 0 Å². The van der Waals surface area contributed by atoms with E-state index in [4.69, 9.17) is 4.74 Å². The molecular weight excluding hydrogens is 373 g/mol. The molecule has 0 aliphatic carbocycles. The Morgan fingerprint density at radius 2 is 1.72 bits per heavy atom. The van der Waals surface area contributed by atoms with Crippen molar-refractivity contribution < 1.29 is 18.7 Å². The van der Waals surface area contributed by atoms with E-state index in [1.165, 1.54) is 12.1 Å². The van der Waals surface area contributed by atoms with Gasteiger partial charge in [0.2, 0.25) is 5.91 Å². The van der Waals surface area contributed by atoms with Gasteiger partial charge in [0.1, 0.15) is 5.82 Å². The van der Waals surface area contributed by atoms with Crippen LogP contribution in [0.4, 0.5) is 20.6 Å². The number of nitrogens with zero attached hydrogens (tertiary/aromatic N) is 1. The average Bonchev–Trinajstić information content (AvgIpc) is 3.08. The van der Waals surface area contributed by atoms with Crippen LogP contribution in [-0.2, 0) is 9.53 Å². The van der Waals surface area contributed by atoms with Gasteiger partial charge in [0, 0.05) is 43.1 Å². The number of carbonyl (C=O) groups is 2. The third-order valence-electron chi connectivity index (χ3n) is 5.86. The predicted molar refractivity (Wildman–Crippen MR) is 108 cm³/mol. The topological polar surface area (TPSA) is 70.7 Å². The molecule has 7 heteroatoms. The first kappa shape index (κ1) is 19.4. The number of urea groups is 1. The quantitative estimate of drug-likeness (QED) is 0.829. The van der Waals surface area contributed by atoms with Crippen molar-refractivity contribution >= 4 is 23.3 Å². The highest BCUT2D eigenvalue weighted by atomic mass is 19.1. The maximum absolute atomic E-state index is 13.5. The normalized spacial score (nSPS) is 20.4. The summed E-state index contributed by atoms with van der Waals surface area (Å²) in [5, 5.41) is 5.72. The van der Waals surface area contributed by atoms with Gasteiger partial charge in [-0.3, -0.25) is 4.79 Å². The second-order valence-electron chi connectivity index (χ2n) is 7.70. The number of carbonyl (C=O) groups excluding carboxylic acids is 2. The minimum absolute atomic E-state index is 0.187. The molecule has 2 saturated heterocycles. The number of likely N-dealkylation sites (tertiary alicyclic amines) is 1. The van der Waals surface area contributed by atoms with E-state index >= 15 is 0 Å². The highest BCUT2D eigenvalue weighted by Gasteiger charge is 2.51. The van der Waals surface area contributed by atoms with Crippen molar-refractivity contribution in [2.75, 3.05) is 36.9 Å². The van der Waals surface area contributed by atoms with Crippen LogP contribution >= 0.6 is 0 Å². The zero-order valence-corrected chi connectivity index (χ0v) is 16.1. The summed E-state index contributed by atoms with van der Waals surface area (Å²) >= 11 is 0. The first-order valence-corrected chi connectivity index (χ1v) is 9.81. The molecule has 0 saturated carbocycles. The molecule has 2 aliphatic heterocycles. The van der Waals surface area contributed by atoms with Crippen LogP contribution in [0, 0.1) is 17.2 Å². The van der Waals surface area contributed by atoms with Crippen LogP contribution in [0.3, 0.4) is 0 Å². The fraction of sp³-hybridized carbons (Fsp3) is 0.364. The van der Waals surface area contributed by atoms with E-state index in [9.17, 15) is 14.0 Å². The van der Waals surface area contributed by atoms with E-state index in [-0.39, 0.29) is 23.3 Å². The standard InChI is InChI=1S/C22H24FN3O3/c23-16-5-4-8-18(13-16)24-20(27)19-14-26(15-22(19)9-11-29-12-10-22)21(28)25-17-6-2-1-3-7-17/h1-8,13,19H,9-12,14-15H2,(H,24,27)(H,25,28)/t19-/m0/s1. The fourth-order valence-electron chi connectivity index (χ4n) is 4.29. The monoisotopic (exact) mass is 397 g/mol. The van der Waals surface area contributed by atoms with Gasteiger partial charge in [-0.25, -0.2) is 9.18 Å². The summed E-state index contributed by atoms with van der Waals surface area (Å²) in [5.41, 5.74) is 0.805. The first-order chi connectivity index (χ1) is 14.1. The summed E-state index contributed by atoms with van der Waals surface area (Å²) in [6.45, 7) is 1.95. The van der Waals surface area contributed by atoms with Crippen LogP contribution < -0.4 is 10.6 Å². The minimum atomic E-state index is -0.404. The lowest BCUT2D eigenvalue weighted by molar-refractivity contribution is -0.124. The third kappa shape index (κ3) is 4.24. The SMILES string of the molecule is O=C(Nc1cccc(F)c1)[C@@H]1CN(C(=O)Nc2ccccc2)CC12CCOCC2. The molecule has 1 atom stereocenters. The summed E-state index contributed by atoms with van der Waals surface area (Å²) in [6.07, 6.45) is 1.42. The van der Waals surface area contributed by atoms with E-state index in [0.29, 0.717) is 50.5 Å². The Labute approximate surface area is 169 Å². The Balaban J connectivity index is 1.51. The van der Waals surface area contributed by atoms with Gasteiger partial charge in [-0.15, -0.1) is 0 Å². The second-order valence-corrected chi connectivity index (χ2v) is 7.70. The maximum Gasteiger partial charge on any atom is 0.321 e. The van der Waals surface area contributed by atoms with E-state index in [0.717, 1.165) is 0 Å². The van der Waals surface area contributed by atoms with Crippen molar-refractivity contribution in [2.24, 2.45) is 11.3 Å². The number of anilines is 2. The molecule has 0 aromatic heterocycles. The minimum Gasteiger partial charge on any atom is -0.381 e. The Hall–Kier alpha value is -2.93. The number of hydrogen-bond acceptors (Lipinski definition) is 3. The van der Waals surface area contributed by atoms with Crippen molar-refractivity contribution in [3.8, 4) is 0 Å². The van der Waals surface area contributed by atoms with Crippen LogP contribution in [-0.4, -0.2) is 43.1 Å². The molecule has 2 N–H and O–H groups in total. The summed E-state index contributed by atoms with van der Waals surface area (Å²) in [7, 11) is 0. The summed E-state index contributed by atoms with van der Waals surface area (Å²) in [4.78, 5) is 27.6. The van der Waals surface area contributed by atoms with Crippen LogP contribution in [0.5, 0.6) is 0 Å². The third-order valence-corrected chi connectivity index (χ3v) is 5.86. The highest BCUT2D eigenvalue weighted by Crippen LogP contribution is 2.45. The van der Waals surface area contributed by atoms with Gasteiger partial charge < -0.3 is 20.3 Å². The average molecular weight is 397 g/mol. The Bertz CT molecular complexity index is 884. The molecule has 6 nitrogen and oxygen atoms in total. The van der Waals surface area contributed by atoms with Crippen LogP contribution in [0.15, 0.2) is 54.6 Å². The first-order valence-electron chi connectivity index (χ1n) is 9.81. The molecule has 0 unspecified atom stereocenters. The van der Waals surface area contributed by atoms with Crippen molar-refractivity contribution in [1.82, 2.24) is 4.90 Å². The zero-order valence-electron chi connectivity index (χ0n) is 16.1. The van der Waals surface area contributed by atoms with Crippen LogP contribution in [0.2, 0.25) is 0 Å². The smallest absolute Gasteiger partial charge is 0.321 e. The molecule has 2 aromatic rings. The molecule has 152 valence electrons. The van der Waals surface area contributed by atoms with Gasteiger partial charge in [0.05, 0.1) is 5.92 Å². The number of rotatable bonds is 3. The molecule has 0 bridgehead atoms. The molecule has 3 amide bonds. The number of hydrogen-bond donors (Lipinski definition) is 2. The van der Waals surface area contributed by atoms with Gasteiger partial charge in [-0.1, -0.05) is 24.3 Å². The second kappa shape index (κ2) is 8.21. The summed E-state index contributed by atoms with van der Waals surface area (Å²) < 4.78 is 19.0. The van der Waals surface area contributed by atoms with E-state index in [1.807, 2.05) is 30.3 Å². The van der Waals surface area contributed by atoms with Gasteiger partial charge in [-0.05, 0) is 43.2 Å². The van der Waals surface area contributed by atoms with Crippen molar-refractivity contribution in [2.45, 2.75) is 12.8 Å². The molecule has 4 rings (SSSR count). The largest absolute Gasteiger partial charge is 0.381 e. The van der Waals surface area contributed by atoms with Gasteiger partial charge >= 0.3 is 6.03 Å². The van der Waals surface area contributed by atoms with Gasteiger partial charge in [0.15, 0.2) is 0 Å². The van der Waals surface area contributed by atoms with Gasteiger partial charge in [0.25, 0.3) is 0 Å². The van der Waals surface area contributed by atoms with E-state index in [1.54, 1.807) is 17.0 Å². The van der Waals surface area contributed by atoms with E-state index < -0.39 is 5.82 Å². The number of halogens is 1. The lowest BCUT2D eigenvalue weighted by atomic mass is 9.71. The Morgan fingerprint density at radius 3 is 2.45 bits per heavy atom. The Kier molecular flexibility index (Phi) is 5.49. The molecule has 2 fully saturated rings. The molecule has 1 spiro atoms. The number of amides is 3. The van der Waals surface area contributed by atoms with E-state index in [2.05, 4.69) is 10.6 Å². The van der Waals surface area contributed by atoms with Gasteiger partial charge in [-0.2, -0.15) is 0 Å². The summed E-state index contributed by atoms with van der Waals surface area (Å²) in [5.74, 6) is -0.970. The molecule has 2 aromatic carbocycles.